The maximum absolute atomic E-state index is 11.4. The number of non-ortho nitro benzene ring substituents is 1. The van der Waals surface area contributed by atoms with Gasteiger partial charge in [0.2, 0.25) is 0 Å². The summed E-state index contributed by atoms with van der Waals surface area (Å²) >= 11 is 0. The number of alkyl carbamates (subject to hydrolysis) is 1. The highest BCUT2D eigenvalue weighted by Gasteiger charge is 2.09. The minimum absolute atomic E-state index is 0.0923. The average Bonchev–Trinajstić information content (AvgIpc) is 2.58. The molecule has 0 heterocycles. The Labute approximate surface area is 152 Å². The fourth-order valence-corrected chi connectivity index (χ4v) is 3.06. The molecule has 0 bridgehead atoms. The molecule has 0 aromatic heterocycles. The first-order chi connectivity index (χ1) is 12.0. The lowest BCUT2D eigenvalue weighted by Crippen LogP contribution is -2.24. The molecule has 1 rings (SSSR count). The molecule has 0 radical (unpaired) electrons. The number of nitro benzene ring substituents is 1. The van der Waals surface area contributed by atoms with Gasteiger partial charge >= 0.3 is 12.2 Å². The van der Waals surface area contributed by atoms with Gasteiger partial charge < -0.3 is 19.5 Å². The number of nitrogens with one attached hydrogen (secondary N) is 1. The Morgan fingerprint density at radius 1 is 1.12 bits per heavy atom. The SMILES string of the molecule is CCNC(=O)OCCSSCCOC(=O)Oc1ccc([N+](=O)[O-])cc1. The molecule has 0 unspecified atom stereocenters. The predicted molar refractivity (Wildman–Crippen MR) is 95.0 cm³/mol. The van der Waals surface area contributed by atoms with Crippen LogP contribution in [0.3, 0.4) is 0 Å². The highest BCUT2D eigenvalue weighted by Crippen LogP contribution is 2.21. The van der Waals surface area contributed by atoms with Crippen LogP contribution in [0.15, 0.2) is 24.3 Å². The molecule has 0 aliphatic rings. The number of hydrogen-bond donors (Lipinski definition) is 1. The molecule has 1 amide bonds. The summed E-state index contributed by atoms with van der Waals surface area (Å²) in [5.41, 5.74) is -0.0923. The Bertz CT molecular complexity index is 569. The van der Waals surface area contributed by atoms with Crippen LogP contribution in [0.4, 0.5) is 15.3 Å². The Hall–Kier alpha value is -2.14. The summed E-state index contributed by atoms with van der Waals surface area (Å²) in [5, 5.41) is 13.0. The van der Waals surface area contributed by atoms with Crippen LogP contribution in [-0.2, 0) is 9.47 Å². The van der Waals surface area contributed by atoms with Gasteiger partial charge in [-0.2, -0.15) is 0 Å². The predicted octanol–water partition coefficient (Wildman–Crippen LogP) is 3.24. The Kier molecular flexibility index (Phi) is 10.2. The lowest BCUT2D eigenvalue weighted by molar-refractivity contribution is -0.384. The molecule has 0 atom stereocenters. The molecule has 0 aliphatic carbocycles. The van der Waals surface area contributed by atoms with Crippen LogP contribution in [0.1, 0.15) is 6.92 Å². The molecular formula is C14H18N2O7S2. The topological polar surface area (TPSA) is 117 Å². The second kappa shape index (κ2) is 12.3. The standard InChI is InChI=1S/C14H18N2O7S2/c1-2-15-13(17)21-7-9-24-25-10-8-22-14(18)23-12-5-3-11(4-6-12)16(19)20/h3-6H,2,7-10H2,1H3,(H,15,17). The van der Waals surface area contributed by atoms with Crippen molar-refractivity contribution < 1.29 is 28.7 Å². The van der Waals surface area contributed by atoms with Gasteiger partial charge in [-0.25, -0.2) is 9.59 Å². The summed E-state index contributed by atoms with van der Waals surface area (Å²) in [6, 6.07) is 5.10. The molecule has 138 valence electrons. The Balaban J connectivity index is 2.05. The van der Waals surface area contributed by atoms with E-state index in [0.717, 1.165) is 0 Å². The first-order valence-corrected chi connectivity index (χ1v) is 9.75. The molecule has 0 aliphatic heterocycles. The van der Waals surface area contributed by atoms with E-state index >= 15 is 0 Å². The number of nitrogens with zero attached hydrogens (tertiary/aromatic N) is 1. The molecule has 1 aromatic carbocycles. The van der Waals surface area contributed by atoms with Crippen LogP contribution in [0.5, 0.6) is 5.75 Å². The van der Waals surface area contributed by atoms with Gasteiger partial charge in [-0.1, -0.05) is 21.6 Å². The van der Waals surface area contributed by atoms with E-state index in [0.29, 0.717) is 24.7 Å². The zero-order valence-electron chi connectivity index (χ0n) is 13.5. The minimum atomic E-state index is -0.876. The Morgan fingerprint density at radius 2 is 1.72 bits per heavy atom. The van der Waals surface area contributed by atoms with Crippen LogP contribution in [0.2, 0.25) is 0 Å². The number of nitro groups is 1. The quantitative estimate of drug-likeness (QED) is 0.160. The van der Waals surface area contributed by atoms with Crippen LogP contribution in [0.25, 0.3) is 0 Å². The molecule has 1 N–H and O–H groups in total. The molecule has 11 heteroatoms. The van der Waals surface area contributed by atoms with Crippen LogP contribution in [0, 0.1) is 10.1 Å². The minimum Gasteiger partial charge on any atom is -0.449 e. The smallest absolute Gasteiger partial charge is 0.449 e. The third kappa shape index (κ3) is 9.67. The van der Waals surface area contributed by atoms with Crippen LogP contribution < -0.4 is 10.1 Å². The normalized spacial score (nSPS) is 9.96. The number of hydrogen-bond acceptors (Lipinski definition) is 9. The van der Waals surface area contributed by atoms with Gasteiger partial charge in [0.15, 0.2) is 0 Å². The van der Waals surface area contributed by atoms with Gasteiger partial charge in [0.25, 0.3) is 5.69 Å². The maximum Gasteiger partial charge on any atom is 0.513 e. The molecule has 9 nitrogen and oxygen atoms in total. The third-order valence-electron chi connectivity index (χ3n) is 2.44. The number of rotatable bonds is 10. The summed E-state index contributed by atoms with van der Waals surface area (Å²) in [4.78, 5) is 32.4. The summed E-state index contributed by atoms with van der Waals surface area (Å²) in [7, 11) is 2.96. The summed E-state index contributed by atoms with van der Waals surface area (Å²) in [6.07, 6.45) is -1.32. The fraction of sp³-hybridized carbons (Fsp3) is 0.429. The summed E-state index contributed by atoms with van der Waals surface area (Å²) < 4.78 is 14.6. The van der Waals surface area contributed by atoms with E-state index in [2.05, 4.69) is 5.32 Å². The molecule has 1 aromatic rings. The van der Waals surface area contributed by atoms with Crippen molar-refractivity contribution in [3.05, 3.63) is 34.4 Å². The van der Waals surface area contributed by atoms with Gasteiger partial charge in [0.05, 0.1) is 4.92 Å². The highest BCUT2D eigenvalue weighted by molar-refractivity contribution is 8.76. The number of carbonyl (C=O) groups excluding carboxylic acids is 2. The highest BCUT2D eigenvalue weighted by atomic mass is 33.1. The largest absolute Gasteiger partial charge is 0.513 e. The number of benzene rings is 1. The third-order valence-corrected chi connectivity index (χ3v) is 4.77. The van der Waals surface area contributed by atoms with E-state index < -0.39 is 17.2 Å². The lowest BCUT2D eigenvalue weighted by Gasteiger charge is -2.06. The van der Waals surface area contributed by atoms with E-state index in [4.69, 9.17) is 14.2 Å². The number of ether oxygens (including phenoxy) is 3. The molecule has 0 saturated heterocycles. The van der Waals surface area contributed by atoms with Crippen LogP contribution in [-0.4, -0.2) is 48.4 Å². The number of amides is 1. The lowest BCUT2D eigenvalue weighted by atomic mass is 10.3. The molecular weight excluding hydrogens is 372 g/mol. The van der Waals surface area contributed by atoms with Gasteiger partial charge in [0, 0.05) is 30.2 Å². The van der Waals surface area contributed by atoms with Crippen molar-refractivity contribution >= 4 is 39.5 Å². The van der Waals surface area contributed by atoms with E-state index in [1.807, 2.05) is 0 Å². The van der Waals surface area contributed by atoms with Crippen molar-refractivity contribution in [3.8, 4) is 5.75 Å². The van der Waals surface area contributed by atoms with Crippen molar-refractivity contribution in [1.29, 1.82) is 0 Å². The van der Waals surface area contributed by atoms with Gasteiger partial charge in [-0.05, 0) is 19.1 Å². The van der Waals surface area contributed by atoms with Gasteiger partial charge in [0.1, 0.15) is 19.0 Å². The molecule has 0 fully saturated rings. The second-order valence-electron chi connectivity index (χ2n) is 4.26. The van der Waals surface area contributed by atoms with Crippen molar-refractivity contribution in [1.82, 2.24) is 5.32 Å². The second-order valence-corrected chi connectivity index (χ2v) is 6.96. The monoisotopic (exact) mass is 390 g/mol. The maximum atomic E-state index is 11.4. The van der Waals surface area contributed by atoms with E-state index in [9.17, 15) is 19.7 Å². The molecule has 0 spiro atoms. The zero-order valence-corrected chi connectivity index (χ0v) is 15.1. The zero-order chi connectivity index (χ0) is 18.5. The van der Waals surface area contributed by atoms with Crippen molar-refractivity contribution in [3.63, 3.8) is 0 Å². The van der Waals surface area contributed by atoms with E-state index in [-0.39, 0.29) is 18.0 Å². The average molecular weight is 390 g/mol. The van der Waals surface area contributed by atoms with Crippen molar-refractivity contribution in [2.24, 2.45) is 0 Å². The van der Waals surface area contributed by atoms with Crippen LogP contribution >= 0.6 is 21.6 Å². The fourth-order valence-electron chi connectivity index (χ4n) is 1.40. The van der Waals surface area contributed by atoms with E-state index in [1.165, 1.54) is 45.9 Å². The van der Waals surface area contributed by atoms with E-state index in [1.54, 1.807) is 6.92 Å². The summed E-state index contributed by atoms with van der Waals surface area (Å²) in [6.45, 7) is 2.78. The molecule has 0 saturated carbocycles. The first kappa shape index (κ1) is 20.9. The van der Waals surface area contributed by atoms with Gasteiger partial charge in [-0.3, -0.25) is 10.1 Å². The Morgan fingerprint density at radius 3 is 2.28 bits per heavy atom. The summed E-state index contributed by atoms with van der Waals surface area (Å²) in [5.74, 6) is 1.33. The van der Waals surface area contributed by atoms with Crippen molar-refractivity contribution in [2.45, 2.75) is 6.92 Å². The molecule has 25 heavy (non-hydrogen) atoms. The first-order valence-electron chi connectivity index (χ1n) is 7.27. The van der Waals surface area contributed by atoms with Gasteiger partial charge in [-0.15, -0.1) is 0 Å². The number of carbonyl (C=O) groups is 2. The van der Waals surface area contributed by atoms with Crippen molar-refractivity contribution in [2.75, 3.05) is 31.3 Å².